The lowest BCUT2D eigenvalue weighted by Crippen LogP contribution is -2.36. The van der Waals surface area contributed by atoms with Crippen LogP contribution in [0.4, 0.5) is 0 Å². The van der Waals surface area contributed by atoms with E-state index in [0.29, 0.717) is 24.9 Å². The minimum absolute atomic E-state index is 0.272. The van der Waals surface area contributed by atoms with Crippen molar-refractivity contribution in [3.63, 3.8) is 0 Å². The maximum absolute atomic E-state index is 12.6. The number of phenolic OH excluding ortho intramolecular Hbond substituents is 1. The SMILES string of the molecule is O=C(CC1CCNCC1)N(Cc1cccc(O)c1)C1CC1. The van der Waals surface area contributed by atoms with Gasteiger partial charge in [-0.15, -0.1) is 0 Å². The molecule has 0 aromatic heterocycles. The van der Waals surface area contributed by atoms with E-state index in [9.17, 15) is 9.90 Å². The van der Waals surface area contributed by atoms with Gasteiger partial charge in [-0.1, -0.05) is 12.1 Å². The van der Waals surface area contributed by atoms with E-state index in [-0.39, 0.29) is 11.7 Å². The molecule has 1 saturated carbocycles. The molecular formula is C17H24N2O2. The van der Waals surface area contributed by atoms with Gasteiger partial charge in [-0.05, 0) is 62.4 Å². The van der Waals surface area contributed by atoms with Gasteiger partial charge in [-0.2, -0.15) is 0 Å². The zero-order valence-corrected chi connectivity index (χ0v) is 12.4. The second-order valence-corrected chi connectivity index (χ2v) is 6.32. The van der Waals surface area contributed by atoms with Gasteiger partial charge in [0.1, 0.15) is 5.75 Å². The van der Waals surface area contributed by atoms with Gasteiger partial charge in [-0.3, -0.25) is 4.79 Å². The molecule has 3 rings (SSSR count). The normalized spacial score (nSPS) is 19.4. The third-order valence-corrected chi connectivity index (χ3v) is 4.49. The molecule has 1 aliphatic carbocycles. The first-order valence-electron chi connectivity index (χ1n) is 8.00. The van der Waals surface area contributed by atoms with E-state index >= 15 is 0 Å². The molecule has 1 aromatic carbocycles. The number of nitrogens with one attached hydrogen (secondary N) is 1. The Morgan fingerprint density at radius 2 is 2.00 bits per heavy atom. The maximum atomic E-state index is 12.6. The highest BCUT2D eigenvalue weighted by Gasteiger charge is 2.33. The van der Waals surface area contributed by atoms with Crippen molar-refractivity contribution in [3.8, 4) is 5.75 Å². The summed E-state index contributed by atoms with van der Waals surface area (Å²) in [7, 11) is 0. The minimum Gasteiger partial charge on any atom is -0.508 e. The molecule has 1 amide bonds. The third-order valence-electron chi connectivity index (χ3n) is 4.49. The van der Waals surface area contributed by atoms with Crippen LogP contribution in [0, 0.1) is 5.92 Å². The fraction of sp³-hybridized carbons (Fsp3) is 0.588. The Balaban J connectivity index is 1.62. The van der Waals surface area contributed by atoms with Crippen LogP contribution in [0.15, 0.2) is 24.3 Å². The van der Waals surface area contributed by atoms with E-state index in [2.05, 4.69) is 5.32 Å². The molecular weight excluding hydrogens is 264 g/mol. The summed E-state index contributed by atoms with van der Waals surface area (Å²) < 4.78 is 0. The van der Waals surface area contributed by atoms with Gasteiger partial charge in [0.2, 0.25) is 5.91 Å². The second kappa shape index (κ2) is 6.48. The Hall–Kier alpha value is -1.55. The Bertz CT molecular complexity index is 493. The van der Waals surface area contributed by atoms with E-state index in [4.69, 9.17) is 0 Å². The summed E-state index contributed by atoms with van der Waals surface area (Å²) in [5.74, 6) is 1.09. The number of piperidine rings is 1. The quantitative estimate of drug-likeness (QED) is 0.874. The monoisotopic (exact) mass is 288 g/mol. The molecule has 4 heteroatoms. The average molecular weight is 288 g/mol. The summed E-state index contributed by atoms with van der Waals surface area (Å²) >= 11 is 0. The zero-order chi connectivity index (χ0) is 14.7. The van der Waals surface area contributed by atoms with Crippen molar-refractivity contribution in [2.75, 3.05) is 13.1 Å². The molecule has 2 aliphatic rings. The lowest BCUT2D eigenvalue weighted by Gasteiger charge is -2.27. The van der Waals surface area contributed by atoms with Crippen molar-refractivity contribution in [2.24, 2.45) is 5.92 Å². The zero-order valence-electron chi connectivity index (χ0n) is 12.4. The Labute approximate surface area is 126 Å². The summed E-state index contributed by atoms with van der Waals surface area (Å²) in [4.78, 5) is 14.6. The summed E-state index contributed by atoms with van der Waals surface area (Å²) in [5, 5.41) is 12.9. The van der Waals surface area contributed by atoms with Crippen molar-refractivity contribution in [1.29, 1.82) is 0 Å². The van der Waals surface area contributed by atoms with Crippen molar-refractivity contribution in [2.45, 2.75) is 44.7 Å². The van der Waals surface area contributed by atoms with Crippen LogP contribution in [0.2, 0.25) is 0 Å². The molecule has 0 radical (unpaired) electrons. The molecule has 0 atom stereocenters. The van der Waals surface area contributed by atoms with Crippen molar-refractivity contribution in [1.82, 2.24) is 10.2 Å². The number of aromatic hydroxyl groups is 1. The first-order chi connectivity index (χ1) is 10.2. The van der Waals surface area contributed by atoms with Crippen LogP contribution in [0.1, 0.15) is 37.7 Å². The number of carbonyl (C=O) groups excluding carboxylic acids is 1. The standard InChI is InChI=1S/C17H24N2O2/c20-16-3-1-2-14(10-16)12-19(15-4-5-15)17(21)11-13-6-8-18-9-7-13/h1-3,10,13,15,18,20H,4-9,11-12H2. The molecule has 1 aliphatic heterocycles. The molecule has 0 spiro atoms. The van der Waals surface area contributed by atoms with E-state index in [0.717, 1.165) is 44.3 Å². The largest absolute Gasteiger partial charge is 0.508 e. The van der Waals surface area contributed by atoms with Gasteiger partial charge in [0.15, 0.2) is 0 Å². The second-order valence-electron chi connectivity index (χ2n) is 6.32. The molecule has 2 N–H and O–H groups in total. The number of rotatable bonds is 5. The number of hydrogen-bond donors (Lipinski definition) is 2. The van der Waals surface area contributed by atoms with Gasteiger partial charge in [0.05, 0.1) is 0 Å². The number of carbonyl (C=O) groups is 1. The Kier molecular flexibility index (Phi) is 4.44. The lowest BCUT2D eigenvalue weighted by molar-refractivity contribution is -0.133. The predicted molar refractivity (Wildman–Crippen MR) is 81.9 cm³/mol. The van der Waals surface area contributed by atoms with E-state index in [1.165, 1.54) is 0 Å². The third kappa shape index (κ3) is 3.97. The summed E-state index contributed by atoms with van der Waals surface area (Å²) in [6.45, 7) is 2.70. The van der Waals surface area contributed by atoms with E-state index in [1.807, 2.05) is 17.0 Å². The van der Waals surface area contributed by atoms with Crippen LogP contribution in [0.5, 0.6) is 5.75 Å². The number of phenols is 1. The number of amides is 1. The maximum Gasteiger partial charge on any atom is 0.223 e. The molecule has 0 unspecified atom stereocenters. The van der Waals surface area contributed by atoms with E-state index in [1.54, 1.807) is 12.1 Å². The highest BCUT2D eigenvalue weighted by molar-refractivity contribution is 5.77. The van der Waals surface area contributed by atoms with Crippen LogP contribution < -0.4 is 5.32 Å². The number of benzene rings is 1. The molecule has 114 valence electrons. The summed E-state index contributed by atoms with van der Waals surface area (Å²) in [6.07, 6.45) is 5.14. The first kappa shape index (κ1) is 14.4. The van der Waals surface area contributed by atoms with Crippen molar-refractivity contribution >= 4 is 5.91 Å². The van der Waals surface area contributed by atoms with Gasteiger partial charge in [0, 0.05) is 19.0 Å². The van der Waals surface area contributed by atoms with Crippen LogP contribution >= 0.6 is 0 Å². The average Bonchev–Trinajstić information content (AvgIpc) is 3.30. The fourth-order valence-corrected chi connectivity index (χ4v) is 3.11. The number of hydrogen-bond acceptors (Lipinski definition) is 3. The molecule has 2 fully saturated rings. The topological polar surface area (TPSA) is 52.6 Å². The molecule has 4 nitrogen and oxygen atoms in total. The molecule has 1 saturated heterocycles. The van der Waals surface area contributed by atoms with Crippen LogP contribution in [-0.2, 0) is 11.3 Å². The van der Waals surface area contributed by atoms with Crippen molar-refractivity contribution in [3.05, 3.63) is 29.8 Å². The fourth-order valence-electron chi connectivity index (χ4n) is 3.11. The highest BCUT2D eigenvalue weighted by atomic mass is 16.3. The summed E-state index contributed by atoms with van der Waals surface area (Å²) in [5.41, 5.74) is 1.01. The van der Waals surface area contributed by atoms with E-state index < -0.39 is 0 Å². The molecule has 21 heavy (non-hydrogen) atoms. The van der Waals surface area contributed by atoms with Crippen molar-refractivity contribution < 1.29 is 9.90 Å². The Morgan fingerprint density at radius 1 is 1.24 bits per heavy atom. The van der Waals surface area contributed by atoms with Gasteiger partial charge < -0.3 is 15.3 Å². The van der Waals surface area contributed by atoms with Gasteiger partial charge >= 0.3 is 0 Å². The highest BCUT2D eigenvalue weighted by Crippen LogP contribution is 2.30. The summed E-state index contributed by atoms with van der Waals surface area (Å²) in [6, 6.07) is 7.66. The minimum atomic E-state index is 0.272. The van der Waals surface area contributed by atoms with Crippen LogP contribution in [0.25, 0.3) is 0 Å². The molecule has 1 aromatic rings. The number of nitrogens with zero attached hydrogens (tertiary/aromatic N) is 1. The molecule has 0 bridgehead atoms. The smallest absolute Gasteiger partial charge is 0.223 e. The first-order valence-corrected chi connectivity index (χ1v) is 8.00. The predicted octanol–water partition coefficient (Wildman–Crippen LogP) is 2.27. The molecule has 1 heterocycles. The van der Waals surface area contributed by atoms with Gasteiger partial charge in [0.25, 0.3) is 0 Å². The van der Waals surface area contributed by atoms with Gasteiger partial charge in [-0.25, -0.2) is 0 Å². The van der Waals surface area contributed by atoms with Crippen LogP contribution in [-0.4, -0.2) is 35.0 Å². The lowest BCUT2D eigenvalue weighted by atomic mass is 9.94. The van der Waals surface area contributed by atoms with Crippen LogP contribution in [0.3, 0.4) is 0 Å². The Morgan fingerprint density at radius 3 is 2.67 bits per heavy atom.